The van der Waals surface area contributed by atoms with Crippen LogP contribution in [0.5, 0.6) is 0 Å². The number of ether oxygens (including phenoxy) is 1. The van der Waals surface area contributed by atoms with Crippen LogP contribution in [0.2, 0.25) is 0 Å². The second-order valence-electron chi connectivity index (χ2n) is 6.93. The van der Waals surface area contributed by atoms with Crippen LogP contribution in [0.4, 0.5) is 0 Å². The average molecular weight is 282 g/mol. The van der Waals surface area contributed by atoms with Gasteiger partial charge in [-0.1, -0.05) is 13.8 Å². The van der Waals surface area contributed by atoms with Crippen molar-refractivity contribution in [3.05, 3.63) is 0 Å². The van der Waals surface area contributed by atoms with E-state index >= 15 is 0 Å². The van der Waals surface area contributed by atoms with Crippen molar-refractivity contribution in [1.82, 2.24) is 10.6 Å². The third kappa shape index (κ3) is 4.74. The number of carbonyl (C=O) groups is 1. The van der Waals surface area contributed by atoms with Gasteiger partial charge in [-0.2, -0.15) is 0 Å². The molecule has 4 heteroatoms. The van der Waals surface area contributed by atoms with E-state index in [1.807, 2.05) is 0 Å². The molecule has 4 nitrogen and oxygen atoms in total. The lowest BCUT2D eigenvalue weighted by atomic mass is 9.91. The Morgan fingerprint density at radius 3 is 2.85 bits per heavy atom. The van der Waals surface area contributed by atoms with Gasteiger partial charge in [0, 0.05) is 24.6 Å². The lowest BCUT2D eigenvalue weighted by Gasteiger charge is -2.33. The summed E-state index contributed by atoms with van der Waals surface area (Å²) in [5.74, 6) is 1.10. The number of hydrogen-bond donors (Lipinski definition) is 2. The second kappa shape index (κ2) is 7.41. The molecule has 0 saturated carbocycles. The van der Waals surface area contributed by atoms with Crippen LogP contribution in [0, 0.1) is 11.8 Å². The van der Waals surface area contributed by atoms with Gasteiger partial charge in [0.15, 0.2) is 0 Å². The highest BCUT2D eigenvalue weighted by molar-refractivity contribution is 5.79. The first kappa shape index (κ1) is 15.8. The summed E-state index contributed by atoms with van der Waals surface area (Å²) in [4.78, 5) is 12.4. The molecule has 4 atom stereocenters. The Hall–Kier alpha value is -0.610. The van der Waals surface area contributed by atoms with E-state index in [4.69, 9.17) is 4.74 Å². The van der Waals surface area contributed by atoms with Crippen LogP contribution >= 0.6 is 0 Å². The van der Waals surface area contributed by atoms with Gasteiger partial charge in [0.2, 0.25) is 5.91 Å². The van der Waals surface area contributed by atoms with Crippen molar-refractivity contribution in [1.29, 1.82) is 0 Å². The summed E-state index contributed by atoms with van der Waals surface area (Å²) in [6, 6.07) is 0.771. The number of carbonyl (C=O) groups excluding carboxylic acids is 1. The third-order valence-electron chi connectivity index (χ3n) is 4.44. The molecule has 2 fully saturated rings. The van der Waals surface area contributed by atoms with Crippen LogP contribution < -0.4 is 10.6 Å². The van der Waals surface area contributed by atoms with Gasteiger partial charge in [0.25, 0.3) is 0 Å². The first-order valence-electron chi connectivity index (χ1n) is 8.20. The summed E-state index contributed by atoms with van der Waals surface area (Å²) < 4.78 is 5.80. The number of rotatable bonds is 4. The van der Waals surface area contributed by atoms with Gasteiger partial charge in [-0.3, -0.25) is 4.79 Å². The summed E-state index contributed by atoms with van der Waals surface area (Å²) in [7, 11) is 0. The van der Waals surface area contributed by atoms with Gasteiger partial charge < -0.3 is 15.4 Å². The van der Waals surface area contributed by atoms with E-state index in [0.29, 0.717) is 24.1 Å². The summed E-state index contributed by atoms with van der Waals surface area (Å²) >= 11 is 0. The highest BCUT2D eigenvalue weighted by Crippen LogP contribution is 2.22. The predicted molar refractivity (Wildman–Crippen MR) is 80.5 cm³/mol. The lowest BCUT2D eigenvalue weighted by Crippen LogP contribution is -2.47. The number of hydrogen-bond acceptors (Lipinski definition) is 3. The van der Waals surface area contributed by atoms with Gasteiger partial charge in [-0.05, 0) is 51.5 Å². The summed E-state index contributed by atoms with van der Waals surface area (Å²) in [5, 5.41) is 6.66. The Morgan fingerprint density at radius 2 is 2.15 bits per heavy atom. The molecule has 0 aromatic carbocycles. The predicted octanol–water partition coefficient (Wildman–Crippen LogP) is 2.08. The Morgan fingerprint density at radius 1 is 1.35 bits per heavy atom. The molecule has 2 saturated heterocycles. The van der Waals surface area contributed by atoms with E-state index in [1.165, 1.54) is 0 Å². The van der Waals surface area contributed by atoms with Crippen LogP contribution in [0.15, 0.2) is 0 Å². The molecular weight excluding hydrogens is 252 g/mol. The Balaban J connectivity index is 1.78. The molecule has 2 rings (SSSR count). The molecule has 0 aromatic rings. The highest BCUT2D eigenvalue weighted by atomic mass is 16.5. The molecule has 2 heterocycles. The topological polar surface area (TPSA) is 50.4 Å². The van der Waals surface area contributed by atoms with Gasteiger partial charge in [-0.15, -0.1) is 0 Å². The van der Waals surface area contributed by atoms with Crippen molar-refractivity contribution >= 4 is 5.91 Å². The molecule has 2 N–H and O–H groups in total. The SMILES string of the molecule is CC(C)CC1CC(NC(=O)[C@H]2CCN[C@@H](C)C2)CCO1. The zero-order chi connectivity index (χ0) is 14.5. The zero-order valence-electron chi connectivity index (χ0n) is 13.2. The number of amides is 1. The molecule has 20 heavy (non-hydrogen) atoms. The van der Waals surface area contributed by atoms with Crippen LogP contribution in [0.1, 0.15) is 52.9 Å². The van der Waals surface area contributed by atoms with E-state index in [-0.39, 0.29) is 11.8 Å². The summed E-state index contributed by atoms with van der Waals surface area (Å²) in [6.07, 6.45) is 5.28. The second-order valence-corrected chi connectivity index (χ2v) is 6.93. The van der Waals surface area contributed by atoms with E-state index in [0.717, 1.165) is 45.3 Å². The monoisotopic (exact) mass is 282 g/mol. The molecule has 1 amide bonds. The molecule has 0 bridgehead atoms. The first-order chi connectivity index (χ1) is 9.54. The van der Waals surface area contributed by atoms with Gasteiger partial charge >= 0.3 is 0 Å². The fraction of sp³-hybridized carbons (Fsp3) is 0.938. The van der Waals surface area contributed by atoms with Crippen LogP contribution in [0.25, 0.3) is 0 Å². The van der Waals surface area contributed by atoms with Gasteiger partial charge in [0.05, 0.1) is 6.10 Å². The molecular formula is C16H30N2O2. The minimum Gasteiger partial charge on any atom is -0.378 e. The molecule has 0 aliphatic carbocycles. The molecule has 0 spiro atoms. The van der Waals surface area contributed by atoms with Crippen molar-refractivity contribution in [3.63, 3.8) is 0 Å². The molecule has 116 valence electrons. The van der Waals surface area contributed by atoms with Crippen LogP contribution in [-0.4, -0.2) is 37.2 Å². The smallest absolute Gasteiger partial charge is 0.223 e. The standard InChI is InChI=1S/C16H30N2O2/c1-11(2)8-15-10-14(5-7-20-15)18-16(19)13-4-6-17-12(3)9-13/h11-15,17H,4-10H2,1-3H3,(H,18,19)/t12-,13-,14?,15?/m0/s1. The summed E-state index contributed by atoms with van der Waals surface area (Å²) in [5.41, 5.74) is 0. The van der Waals surface area contributed by atoms with E-state index < -0.39 is 0 Å². The Labute approximate surface area is 123 Å². The van der Waals surface area contributed by atoms with E-state index in [1.54, 1.807) is 0 Å². The van der Waals surface area contributed by atoms with Gasteiger partial charge in [-0.25, -0.2) is 0 Å². The fourth-order valence-corrected chi connectivity index (χ4v) is 3.39. The molecule has 2 aliphatic rings. The maximum atomic E-state index is 12.4. The average Bonchev–Trinajstić information content (AvgIpc) is 2.38. The van der Waals surface area contributed by atoms with Crippen molar-refractivity contribution in [3.8, 4) is 0 Å². The van der Waals surface area contributed by atoms with E-state index in [2.05, 4.69) is 31.4 Å². The normalized spacial score (nSPS) is 35.0. The first-order valence-corrected chi connectivity index (χ1v) is 8.20. The van der Waals surface area contributed by atoms with Crippen molar-refractivity contribution in [2.45, 2.75) is 71.1 Å². The van der Waals surface area contributed by atoms with E-state index in [9.17, 15) is 4.79 Å². The number of piperidine rings is 1. The molecule has 2 unspecified atom stereocenters. The molecule has 0 aromatic heterocycles. The molecule has 0 radical (unpaired) electrons. The highest BCUT2D eigenvalue weighted by Gasteiger charge is 2.29. The Bertz CT molecular complexity index is 320. The maximum absolute atomic E-state index is 12.4. The minimum atomic E-state index is 0.192. The quantitative estimate of drug-likeness (QED) is 0.830. The van der Waals surface area contributed by atoms with Gasteiger partial charge in [0.1, 0.15) is 0 Å². The number of nitrogens with one attached hydrogen (secondary N) is 2. The summed E-state index contributed by atoms with van der Waals surface area (Å²) in [6.45, 7) is 8.35. The fourth-order valence-electron chi connectivity index (χ4n) is 3.39. The van der Waals surface area contributed by atoms with Crippen LogP contribution in [-0.2, 0) is 9.53 Å². The van der Waals surface area contributed by atoms with Crippen molar-refractivity contribution < 1.29 is 9.53 Å². The zero-order valence-corrected chi connectivity index (χ0v) is 13.2. The lowest BCUT2D eigenvalue weighted by molar-refractivity contribution is -0.127. The largest absolute Gasteiger partial charge is 0.378 e. The van der Waals surface area contributed by atoms with Crippen molar-refractivity contribution in [2.75, 3.05) is 13.2 Å². The Kier molecular flexibility index (Phi) is 5.85. The third-order valence-corrected chi connectivity index (χ3v) is 4.44. The van der Waals surface area contributed by atoms with Crippen LogP contribution in [0.3, 0.4) is 0 Å². The molecule has 2 aliphatic heterocycles. The maximum Gasteiger partial charge on any atom is 0.223 e. The minimum absolute atomic E-state index is 0.192. The van der Waals surface area contributed by atoms with Crippen molar-refractivity contribution in [2.24, 2.45) is 11.8 Å².